The number of nitrogens with zero attached hydrogens (tertiary/aromatic N) is 3. The Kier molecular flexibility index (Phi) is 6.01. The number of aliphatic hydroxyl groups is 1. The van der Waals surface area contributed by atoms with Gasteiger partial charge in [0.25, 0.3) is 0 Å². The third-order valence-electron chi connectivity index (χ3n) is 7.00. The van der Waals surface area contributed by atoms with E-state index in [0.717, 1.165) is 29.5 Å². The van der Waals surface area contributed by atoms with Gasteiger partial charge in [0.2, 0.25) is 0 Å². The van der Waals surface area contributed by atoms with Gasteiger partial charge < -0.3 is 20.2 Å². The van der Waals surface area contributed by atoms with E-state index < -0.39 is 6.10 Å². The van der Waals surface area contributed by atoms with E-state index >= 15 is 0 Å². The highest BCUT2D eigenvalue weighted by molar-refractivity contribution is 5.77. The molecule has 1 aliphatic rings. The molecule has 1 aliphatic carbocycles. The van der Waals surface area contributed by atoms with Gasteiger partial charge >= 0.3 is 5.69 Å². The smallest absolute Gasteiger partial charge is 0.328 e. The Labute approximate surface area is 196 Å². The zero-order valence-electron chi connectivity index (χ0n) is 19.6. The molecule has 0 spiro atoms. The van der Waals surface area contributed by atoms with Crippen molar-refractivity contribution in [3.8, 4) is 0 Å². The highest BCUT2D eigenvalue weighted by atomic mass is 19.1. The maximum Gasteiger partial charge on any atom is 0.328 e. The lowest BCUT2D eigenvalue weighted by molar-refractivity contribution is 0.0741. The van der Waals surface area contributed by atoms with Crippen molar-refractivity contribution >= 4 is 22.1 Å². The Bertz CT molecular complexity index is 1410. The van der Waals surface area contributed by atoms with Gasteiger partial charge in [-0.05, 0) is 31.4 Å². The second-order valence-corrected chi connectivity index (χ2v) is 9.28. The fourth-order valence-corrected chi connectivity index (χ4v) is 5.02. The van der Waals surface area contributed by atoms with E-state index in [1.54, 1.807) is 20.2 Å². The van der Waals surface area contributed by atoms with Gasteiger partial charge in [0.05, 0.1) is 17.1 Å². The van der Waals surface area contributed by atoms with Crippen molar-refractivity contribution in [2.75, 3.05) is 0 Å². The fraction of sp³-hybridized carbons (Fsp3) is 0.440. The summed E-state index contributed by atoms with van der Waals surface area (Å²) in [6.07, 6.45) is 1.74. The molecule has 1 fully saturated rings. The maximum atomic E-state index is 14.7. The summed E-state index contributed by atoms with van der Waals surface area (Å²) in [4.78, 5) is 16.5. The Hall–Kier alpha value is -3.01. The molecule has 0 saturated heterocycles. The quantitative estimate of drug-likeness (QED) is 0.403. The zero-order valence-corrected chi connectivity index (χ0v) is 19.6. The molecule has 5 rings (SSSR count). The van der Waals surface area contributed by atoms with Crippen LogP contribution in [0.4, 0.5) is 4.39 Å². The van der Waals surface area contributed by atoms with E-state index in [4.69, 9.17) is 4.42 Å². The molecular weight excluding hydrogens is 437 g/mol. The molecule has 4 aromatic rings. The van der Waals surface area contributed by atoms with Crippen LogP contribution in [0.5, 0.6) is 0 Å². The van der Waals surface area contributed by atoms with Crippen LogP contribution in [0.3, 0.4) is 0 Å². The van der Waals surface area contributed by atoms with Crippen LogP contribution in [0.2, 0.25) is 0 Å². The molecule has 34 heavy (non-hydrogen) atoms. The standard InChI is InChI=1S/C25H30FN5O3/c1-14-29-20-6-4-5-15(24(20)34-14)12-27-17-7-8-19(23(32)10-17)28-13-16-9-21-22(11-18(16)26)31(3)25(33)30(21)2/h4-6,9,11,17,19,23,27-28,32H,7-8,10,12-13H2,1-3H3/t17-,19-,23+/m0/s1. The molecule has 0 radical (unpaired) electrons. The molecule has 2 heterocycles. The van der Waals surface area contributed by atoms with Crippen molar-refractivity contribution in [3.05, 3.63) is 63.7 Å². The van der Waals surface area contributed by atoms with Gasteiger partial charge in [0, 0.05) is 63.4 Å². The average Bonchev–Trinajstić information content (AvgIpc) is 3.30. The number of imidazole rings is 1. The average molecular weight is 468 g/mol. The summed E-state index contributed by atoms with van der Waals surface area (Å²) < 4.78 is 23.4. The molecule has 2 aromatic heterocycles. The number of nitrogens with one attached hydrogen (secondary N) is 2. The van der Waals surface area contributed by atoms with E-state index in [0.29, 0.717) is 35.5 Å². The molecule has 3 atom stereocenters. The minimum absolute atomic E-state index is 0.118. The molecule has 1 saturated carbocycles. The summed E-state index contributed by atoms with van der Waals surface area (Å²) in [5.41, 5.74) is 4.26. The number of aliphatic hydroxyl groups excluding tert-OH is 1. The molecule has 9 heteroatoms. The summed E-state index contributed by atoms with van der Waals surface area (Å²) in [6, 6.07) is 9.12. The third kappa shape index (κ3) is 4.15. The molecule has 3 N–H and O–H groups in total. The predicted molar refractivity (Wildman–Crippen MR) is 128 cm³/mol. The number of hydrogen-bond acceptors (Lipinski definition) is 6. The van der Waals surface area contributed by atoms with Crippen LogP contribution in [-0.4, -0.2) is 37.4 Å². The van der Waals surface area contributed by atoms with Gasteiger partial charge in [-0.2, -0.15) is 0 Å². The first-order chi connectivity index (χ1) is 16.3. The van der Waals surface area contributed by atoms with E-state index in [1.165, 1.54) is 15.2 Å². The highest BCUT2D eigenvalue weighted by Gasteiger charge is 2.29. The molecular formula is C25H30FN5O3. The van der Waals surface area contributed by atoms with Crippen molar-refractivity contribution < 1.29 is 13.9 Å². The first kappa shape index (κ1) is 22.8. The Morgan fingerprint density at radius 2 is 1.85 bits per heavy atom. The van der Waals surface area contributed by atoms with Gasteiger partial charge in [0.15, 0.2) is 11.5 Å². The van der Waals surface area contributed by atoms with Crippen molar-refractivity contribution in [2.24, 2.45) is 14.1 Å². The lowest BCUT2D eigenvalue weighted by Gasteiger charge is -2.34. The van der Waals surface area contributed by atoms with Crippen LogP contribution in [0.25, 0.3) is 22.1 Å². The lowest BCUT2D eigenvalue weighted by Crippen LogP contribution is -2.48. The topological polar surface area (TPSA) is 97.2 Å². The van der Waals surface area contributed by atoms with Crippen molar-refractivity contribution in [1.29, 1.82) is 0 Å². The van der Waals surface area contributed by atoms with Gasteiger partial charge in [-0.1, -0.05) is 12.1 Å². The van der Waals surface area contributed by atoms with Crippen LogP contribution in [-0.2, 0) is 27.2 Å². The molecule has 0 amide bonds. The number of benzene rings is 2. The monoisotopic (exact) mass is 467 g/mol. The van der Waals surface area contributed by atoms with E-state index in [-0.39, 0.29) is 30.1 Å². The Balaban J connectivity index is 1.19. The number of fused-ring (bicyclic) bond motifs is 2. The SMILES string of the molecule is Cc1nc2cccc(CN[C@H]3CC[C@H](NCc4cc5c(cc4F)n(C)c(=O)n5C)[C@H](O)C3)c2o1. The molecule has 2 aromatic carbocycles. The summed E-state index contributed by atoms with van der Waals surface area (Å²) in [5, 5.41) is 17.6. The molecule has 0 aliphatic heterocycles. The summed E-state index contributed by atoms with van der Waals surface area (Å²) >= 11 is 0. The predicted octanol–water partition coefficient (Wildman–Crippen LogP) is 2.63. The van der Waals surface area contributed by atoms with Crippen LogP contribution in [0.15, 0.2) is 39.5 Å². The van der Waals surface area contributed by atoms with E-state index in [9.17, 15) is 14.3 Å². The normalized spacial score (nSPS) is 21.0. The van der Waals surface area contributed by atoms with E-state index in [1.807, 2.05) is 25.1 Å². The summed E-state index contributed by atoms with van der Waals surface area (Å²) in [5.74, 6) is 0.289. The van der Waals surface area contributed by atoms with Gasteiger partial charge in [-0.25, -0.2) is 14.2 Å². The van der Waals surface area contributed by atoms with Crippen LogP contribution in [0.1, 0.15) is 36.3 Å². The highest BCUT2D eigenvalue weighted by Crippen LogP contribution is 2.24. The molecule has 8 nitrogen and oxygen atoms in total. The van der Waals surface area contributed by atoms with Gasteiger partial charge in [0.1, 0.15) is 11.3 Å². The van der Waals surface area contributed by atoms with Crippen molar-refractivity contribution in [3.63, 3.8) is 0 Å². The Morgan fingerprint density at radius 1 is 1.12 bits per heavy atom. The fourth-order valence-electron chi connectivity index (χ4n) is 5.02. The van der Waals surface area contributed by atoms with Crippen LogP contribution >= 0.6 is 0 Å². The van der Waals surface area contributed by atoms with Gasteiger partial charge in [-0.15, -0.1) is 0 Å². The summed E-state index contributed by atoms with van der Waals surface area (Å²) in [6.45, 7) is 2.77. The largest absolute Gasteiger partial charge is 0.441 e. The first-order valence-electron chi connectivity index (χ1n) is 11.7. The number of hydrogen-bond donors (Lipinski definition) is 3. The summed E-state index contributed by atoms with van der Waals surface area (Å²) in [7, 11) is 3.32. The van der Waals surface area contributed by atoms with Gasteiger partial charge in [-0.3, -0.25) is 9.13 Å². The van der Waals surface area contributed by atoms with Crippen LogP contribution in [0, 0.1) is 12.7 Å². The molecule has 0 unspecified atom stereocenters. The maximum absolute atomic E-state index is 14.7. The number of rotatable bonds is 6. The Morgan fingerprint density at radius 3 is 2.62 bits per heavy atom. The first-order valence-corrected chi connectivity index (χ1v) is 11.7. The second-order valence-electron chi connectivity index (χ2n) is 9.28. The second kappa shape index (κ2) is 8.98. The number of halogens is 1. The lowest BCUT2D eigenvalue weighted by atomic mass is 9.88. The number of aromatic nitrogens is 3. The third-order valence-corrected chi connectivity index (χ3v) is 7.00. The minimum atomic E-state index is -0.539. The van der Waals surface area contributed by atoms with Crippen molar-refractivity contribution in [1.82, 2.24) is 24.8 Å². The van der Waals surface area contributed by atoms with Crippen molar-refractivity contribution in [2.45, 2.75) is 57.5 Å². The van der Waals surface area contributed by atoms with Crippen LogP contribution < -0.4 is 16.3 Å². The molecule has 180 valence electrons. The molecule has 0 bridgehead atoms. The zero-order chi connectivity index (χ0) is 24.0. The van der Waals surface area contributed by atoms with E-state index in [2.05, 4.69) is 15.6 Å². The number of aryl methyl sites for hydroxylation is 3. The number of para-hydroxylation sites is 1. The minimum Gasteiger partial charge on any atom is -0.441 e. The number of oxazole rings is 1.